The van der Waals surface area contributed by atoms with Crippen LogP contribution in [0.1, 0.15) is 69.6 Å². The van der Waals surface area contributed by atoms with Crippen molar-refractivity contribution < 1.29 is 0 Å². The van der Waals surface area contributed by atoms with Gasteiger partial charge < -0.3 is 4.90 Å². The summed E-state index contributed by atoms with van der Waals surface area (Å²) >= 11 is 0. The monoisotopic (exact) mass is 270 g/mol. The van der Waals surface area contributed by atoms with Crippen molar-refractivity contribution in [3.63, 3.8) is 0 Å². The minimum Gasteiger partial charge on any atom is -0.366 e. The van der Waals surface area contributed by atoms with Crippen LogP contribution in [-0.4, -0.2) is 12.1 Å². The van der Waals surface area contributed by atoms with E-state index in [2.05, 4.69) is 50.8 Å². The number of nitriles is 1. The second kappa shape index (κ2) is 5.48. The molecule has 1 aliphatic rings. The molecule has 0 saturated carbocycles. The lowest BCUT2D eigenvalue weighted by Crippen LogP contribution is -2.48. The maximum absolute atomic E-state index is 9.25. The Balaban J connectivity index is 2.52. The van der Waals surface area contributed by atoms with Gasteiger partial charge in [-0.15, -0.1) is 0 Å². The van der Waals surface area contributed by atoms with Gasteiger partial charge in [0, 0.05) is 17.8 Å². The number of hydrogen-bond acceptors (Lipinski definition) is 2. The van der Waals surface area contributed by atoms with E-state index in [1.165, 1.54) is 24.1 Å². The first-order chi connectivity index (χ1) is 9.40. The number of unbranched alkanes of at least 4 members (excludes halogenated alkanes) is 1. The zero-order valence-electron chi connectivity index (χ0n) is 13.5. The summed E-state index contributed by atoms with van der Waals surface area (Å²) in [6.45, 7) is 12.4. The summed E-state index contributed by atoms with van der Waals surface area (Å²) < 4.78 is 0. The van der Waals surface area contributed by atoms with Crippen molar-refractivity contribution in [2.45, 2.75) is 65.3 Å². The Morgan fingerprint density at radius 2 is 2.10 bits per heavy atom. The fourth-order valence-corrected chi connectivity index (χ4v) is 3.49. The lowest BCUT2D eigenvalue weighted by Gasteiger charge is -2.48. The molecule has 108 valence electrons. The zero-order valence-corrected chi connectivity index (χ0v) is 13.5. The van der Waals surface area contributed by atoms with Crippen molar-refractivity contribution in [3.8, 4) is 6.07 Å². The first-order valence-corrected chi connectivity index (χ1v) is 7.73. The van der Waals surface area contributed by atoms with Crippen molar-refractivity contribution in [3.05, 3.63) is 28.8 Å². The molecule has 0 amide bonds. The lowest BCUT2D eigenvalue weighted by molar-refractivity contribution is 0.373. The van der Waals surface area contributed by atoms with Crippen molar-refractivity contribution in [2.24, 2.45) is 0 Å². The van der Waals surface area contributed by atoms with E-state index in [1.807, 2.05) is 6.92 Å². The first-order valence-electron chi connectivity index (χ1n) is 7.73. The third-order valence-corrected chi connectivity index (χ3v) is 4.59. The third-order valence-electron chi connectivity index (χ3n) is 4.59. The normalized spacial score (nSPS) is 20.4. The molecular weight excluding hydrogens is 244 g/mol. The molecule has 0 fully saturated rings. The van der Waals surface area contributed by atoms with Crippen molar-refractivity contribution >= 4 is 5.69 Å². The molecular formula is C18H26N2. The van der Waals surface area contributed by atoms with Crippen LogP contribution >= 0.6 is 0 Å². The first kappa shape index (κ1) is 14.9. The predicted octanol–water partition coefficient (Wildman–Crippen LogP) is 4.76. The van der Waals surface area contributed by atoms with Crippen molar-refractivity contribution in [2.75, 3.05) is 11.4 Å². The zero-order chi connectivity index (χ0) is 14.9. The molecule has 2 rings (SSSR count). The van der Waals surface area contributed by atoms with E-state index in [0.29, 0.717) is 5.92 Å². The van der Waals surface area contributed by atoms with Gasteiger partial charge in [0.2, 0.25) is 0 Å². The second-order valence-corrected chi connectivity index (χ2v) is 6.76. The molecule has 1 aromatic carbocycles. The maximum Gasteiger partial charge on any atom is 0.0994 e. The Labute approximate surface area is 123 Å². The van der Waals surface area contributed by atoms with Crippen LogP contribution in [0.25, 0.3) is 0 Å². The molecule has 0 aliphatic carbocycles. The van der Waals surface area contributed by atoms with Crippen LogP contribution in [0.15, 0.2) is 12.1 Å². The molecule has 0 aromatic heterocycles. The molecule has 1 aromatic rings. The van der Waals surface area contributed by atoms with Crippen LogP contribution in [0.3, 0.4) is 0 Å². The van der Waals surface area contributed by atoms with Gasteiger partial charge in [-0.3, -0.25) is 0 Å². The van der Waals surface area contributed by atoms with Gasteiger partial charge in [0.15, 0.2) is 0 Å². The number of nitrogens with zero attached hydrogens (tertiary/aromatic N) is 2. The summed E-state index contributed by atoms with van der Waals surface area (Å²) in [4.78, 5) is 2.56. The molecule has 1 atom stereocenters. The van der Waals surface area contributed by atoms with Gasteiger partial charge in [-0.25, -0.2) is 0 Å². The fourth-order valence-electron chi connectivity index (χ4n) is 3.49. The number of fused-ring (bicyclic) bond motifs is 1. The average Bonchev–Trinajstić information content (AvgIpc) is 2.37. The van der Waals surface area contributed by atoms with Crippen LogP contribution in [-0.2, 0) is 0 Å². The minimum atomic E-state index is 0.197. The maximum atomic E-state index is 9.25. The minimum absolute atomic E-state index is 0.197. The van der Waals surface area contributed by atoms with E-state index in [9.17, 15) is 5.26 Å². The Hall–Kier alpha value is -1.49. The van der Waals surface area contributed by atoms with Crippen LogP contribution in [0.2, 0.25) is 0 Å². The third kappa shape index (κ3) is 2.54. The number of rotatable bonds is 3. The Morgan fingerprint density at radius 3 is 2.70 bits per heavy atom. The molecule has 1 aliphatic heterocycles. The van der Waals surface area contributed by atoms with Gasteiger partial charge in [0.1, 0.15) is 0 Å². The average molecular weight is 270 g/mol. The van der Waals surface area contributed by atoms with E-state index in [1.54, 1.807) is 0 Å². The summed E-state index contributed by atoms with van der Waals surface area (Å²) in [5.74, 6) is 0.519. The number of benzene rings is 1. The lowest BCUT2D eigenvalue weighted by atomic mass is 9.79. The van der Waals surface area contributed by atoms with E-state index >= 15 is 0 Å². The van der Waals surface area contributed by atoms with Gasteiger partial charge in [-0.05, 0) is 62.8 Å². The quantitative estimate of drug-likeness (QED) is 0.792. The molecule has 1 unspecified atom stereocenters. The largest absolute Gasteiger partial charge is 0.366 e. The van der Waals surface area contributed by atoms with Crippen molar-refractivity contribution in [1.82, 2.24) is 0 Å². The van der Waals surface area contributed by atoms with E-state index in [4.69, 9.17) is 0 Å². The molecule has 0 radical (unpaired) electrons. The fraction of sp³-hybridized carbons (Fsp3) is 0.611. The van der Waals surface area contributed by atoms with Crippen LogP contribution < -0.4 is 4.90 Å². The summed E-state index contributed by atoms with van der Waals surface area (Å²) in [5.41, 5.74) is 4.81. The molecule has 2 nitrogen and oxygen atoms in total. The number of anilines is 1. The highest BCUT2D eigenvalue weighted by atomic mass is 15.2. The number of aryl methyl sites for hydroxylation is 1. The molecule has 20 heavy (non-hydrogen) atoms. The molecule has 0 spiro atoms. The Morgan fingerprint density at radius 1 is 1.40 bits per heavy atom. The Kier molecular flexibility index (Phi) is 4.09. The molecule has 1 heterocycles. The highest BCUT2D eigenvalue weighted by Gasteiger charge is 2.36. The SMILES string of the molecule is CCCCN1c2cc(C)c(C#N)cc2C(C)CC1(C)C. The Bertz CT molecular complexity index is 537. The van der Waals surface area contributed by atoms with Gasteiger partial charge in [-0.1, -0.05) is 20.3 Å². The topological polar surface area (TPSA) is 27.0 Å². The van der Waals surface area contributed by atoms with E-state index in [-0.39, 0.29) is 5.54 Å². The van der Waals surface area contributed by atoms with E-state index in [0.717, 1.165) is 24.1 Å². The predicted molar refractivity (Wildman–Crippen MR) is 85.3 cm³/mol. The molecule has 0 N–H and O–H groups in total. The smallest absolute Gasteiger partial charge is 0.0994 e. The van der Waals surface area contributed by atoms with Crippen molar-refractivity contribution in [1.29, 1.82) is 5.26 Å². The van der Waals surface area contributed by atoms with Crippen LogP contribution in [0, 0.1) is 18.3 Å². The molecule has 0 saturated heterocycles. The summed E-state index contributed by atoms with van der Waals surface area (Å²) in [6, 6.07) is 6.66. The van der Waals surface area contributed by atoms with Gasteiger partial charge >= 0.3 is 0 Å². The molecule has 0 bridgehead atoms. The van der Waals surface area contributed by atoms with E-state index < -0.39 is 0 Å². The highest BCUT2D eigenvalue weighted by molar-refractivity contribution is 5.64. The summed E-state index contributed by atoms with van der Waals surface area (Å²) in [7, 11) is 0. The van der Waals surface area contributed by atoms with Gasteiger partial charge in [-0.2, -0.15) is 5.26 Å². The summed E-state index contributed by atoms with van der Waals surface area (Å²) in [6.07, 6.45) is 3.58. The van der Waals surface area contributed by atoms with Crippen LogP contribution in [0.5, 0.6) is 0 Å². The van der Waals surface area contributed by atoms with Crippen LogP contribution in [0.4, 0.5) is 5.69 Å². The van der Waals surface area contributed by atoms with Gasteiger partial charge in [0.05, 0.1) is 11.6 Å². The number of hydrogen-bond donors (Lipinski definition) is 0. The van der Waals surface area contributed by atoms with Gasteiger partial charge in [0.25, 0.3) is 0 Å². The molecule has 2 heteroatoms. The summed E-state index contributed by atoms with van der Waals surface area (Å²) in [5, 5.41) is 9.25. The highest BCUT2D eigenvalue weighted by Crippen LogP contribution is 2.44. The second-order valence-electron chi connectivity index (χ2n) is 6.76. The standard InChI is InChI=1S/C18H26N2/c1-6-7-8-20-17-9-13(2)15(12-19)10-16(17)14(3)11-18(20,4)5/h9-10,14H,6-8,11H2,1-5H3.